The molecular weight excluding hydrogens is 221 g/mol. The smallest absolute Gasteiger partial charge is 0.0818 e. The Morgan fingerprint density at radius 3 is 2.93 bits per heavy atom. The first kappa shape index (κ1) is 10.2. The van der Waals surface area contributed by atoms with Gasteiger partial charge in [0.1, 0.15) is 0 Å². The fourth-order valence-electron chi connectivity index (χ4n) is 1.94. The van der Waals surface area contributed by atoms with Crippen LogP contribution in [0.15, 0.2) is 18.2 Å². The second-order valence-corrected chi connectivity index (χ2v) is 4.06. The molecule has 2 unspecified atom stereocenters. The van der Waals surface area contributed by atoms with E-state index in [0.717, 1.165) is 11.4 Å². The van der Waals surface area contributed by atoms with E-state index in [-0.39, 0.29) is 12.1 Å². The van der Waals surface area contributed by atoms with Gasteiger partial charge in [-0.25, -0.2) is 4.84 Å². The van der Waals surface area contributed by atoms with E-state index in [0.29, 0.717) is 0 Å². The Balaban J connectivity index is 2.37. The van der Waals surface area contributed by atoms with Crippen molar-refractivity contribution in [2.24, 2.45) is 0 Å². The van der Waals surface area contributed by atoms with Crippen molar-refractivity contribution in [3.8, 4) is 0 Å². The maximum Gasteiger partial charge on any atom is 0.0818 e. The van der Waals surface area contributed by atoms with Crippen molar-refractivity contribution in [2.45, 2.75) is 18.6 Å². The molecule has 0 bridgehead atoms. The lowest BCUT2D eigenvalue weighted by atomic mass is 10.1. The molecule has 1 N–H and O–H groups in total. The molecule has 0 radical (unpaired) electrons. The second kappa shape index (κ2) is 4.07. The van der Waals surface area contributed by atoms with Gasteiger partial charge >= 0.3 is 0 Å². The zero-order valence-electron chi connectivity index (χ0n) is 7.76. The second-order valence-electron chi connectivity index (χ2n) is 3.41. The van der Waals surface area contributed by atoms with E-state index in [9.17, 15) is 0 Å². The monoisotopic (exact) mass is 231 g/mol. The number of hydrogen-bond acceptors (Lipinski definition) is 2. The van der Waals surface area contributed by atoms with Crippen molar-refractivity contribution >= 4 is 23.4 Å². The third-order valence-corrected chi connectivity index (χ3v) is 3.12. The van der Waals surface area contributed by atoms with Crippen LogP contribution >= 0.6 is 23.4 Å². The fraction of sp³-hybridized carbons (Fsp3) is 0.400. The summed E-state index contributed by atoms with van der Waals surface area (Å²) in [5.74, 6) is 0. The number of benzene rings is 1. The summed E-state index contributed by atoms with van der Waals surface area (Å²) in [6.45, 7) is 0. The van der Waals surface area contributed by atoms with Gasteiger partial charge in [0.15, 0.2) is 0 Å². The number of halogens is 2. The van der Waals surface area contributed by atoms with Gasteiger partial charge in [-0.05, 0) is 35.0 Å². The summed E-state index contributed by atoms with van der Waals surface area (Å²) in [5.41, 5.74) is 2.39. The lowest BCUT2D eigenvalue weighted by Gasteiger charge is -2.16. The molecule has 0 saturated heterocycles. The molecule has 0 aromatic heterocycles. The Bertz CT molecular complexity index is 343. The average molecular weight is 232 g/mol. The van der Waals surface area contributed by atoms with Crippen molar-refractivity contribution < 1.29 is 4.74 Å². The lowest BCUT2D eigenvalue weighted by Crippen LogP contribution is -2.24. The molecule has 2 atom stereocenters. The van der Waals surface area contributed by atoms with Crippen LogP contribution in [0.2, 0.25) is 5.02 Å². The highest BCUT2D eigenvalue weighted by molar-refractivity contribution is 6.30. The summed E-state index contributed by atoms with van der Waals surface area (Å²) in [4.78, 5) is 2.74. The molecule has 0 aliphatic heterocycles. The van der Waals surface area contributed by atoms with Gasteiger partial charge in [0.2, 0.25) is 0 Å². The van der Waals surface area contributed by atoms with Crippen LogP contribution in [0.3, 0.4) is 0 Å². The molecule has 14 heavy (non-hydrogen) atoms. The quantitative estimate of drug-likeness (QED) is 0.791. The SMILES string of the molecule is COC1Cc2cc(Cl)ccc2C1NCl. The Morgan fingerprint density at radius 1 is 1.50 bits per heavy atom. The van der Waals surface area contributed by atoms with Crippen LogP contribution in [0.5, 0.6) is 0 Å². The van der Waals surface area contributed by atoms with Gasteiger partial charge in [0.05, 0.1) is 12.1 Å². The minimum absolute atomic E-state index is 0.0638. The first-order chi connectivity index (χ1) is 6.76. The van der Waals surface area contributed by atoms with E-state index < -0.39 is 0 Å². The molecule has 4 heteroatoms. The van der Waals surface area contributed by atoms with Gasteiger partial charge in [-0.15, -0.1) is 0 Å². The normalized spacial score (nSPS) is 25.1. The summed E-state index contributed by atoms with van der Waals surface area (Å²) in [5, 5.41) is 0.758. The molecule has 1 aromatic carbocycles. The molecule has 0 heterocycles. The van der Waals surface area contributed by atoms with E-state index in [1.165, 1.54) is 11.1 Å². The van der Waals surface area contributed by atoms with Crippen LogP contribution in [0, 0.1) is 0 Å². The minimum Gasteiger partial charge on any atom is -0.379 e. The molecule has 1 aromatic rings. The van der Waals surface area contributed by atoms with Gasteiger partial charge in [-0.3, -0.25) is 0 Å². The Morgan fingerprint density at radius 2 is 2.29 bits per heavy atom. The van der Waals surface area contributed by atoms with Gasteiger partial charge < -0.3 is 4.74 Å². The maximum atomic E-state index is 5.91. The third kappa shape index (κ3) is 1.63. The largest absolute Gasteiger partial charge is 0.379 e. The van der Waals surface area contributed by atoms with Gasteiger partial charge in [0.25, 0.3) is 0 Å². The number of rotatable bonds is 2. The molecule has 76 valence electrons. The van der Waals surface area contributed by atoms with E-state index in [1.807, 2.05) is 18.2 Å². The number of hydrogen-bond donors (Lipinski definition) is 1. The Hall–Kier alpha value is -0.280. The van der Waals surface area contributed by atoms with Crippen LogP contribution in [0.25, 0.3) is 0 Å². The number of fused-ring (bicyclic) bond motifs is 1. The topological polar surface area (TPSA) is 21.3 Å². The van der Waals surface area contributed by atoms with Crippen LogP contribution < -0.4 is 4.84 Å². The van der Waals surface area contributed by atoms with Crippen molar-refractivity contribution in [2.75, 3.05) is 7.11 Å². The molecule has 0 fully saturated rings. The summed E-state index contributed by atoms with van der Waals surface area (Å²) in [7, 11) is 1.69. The summed E-state index contributed by atoms with van der Waals surface area (Å²) >= 11 is 11.6. The van der Waals surface area contributed by atoms with Crippen LogP contribution in [-0.2, 0) is 11.2 Å². The van der Waals surface area contributed by atoms with E-state index in [1.54, 1.807) is 7.11 Å². The van der Waals surface area contributed by atoms with Crippen LogP contribution in [0.4, 0.5) is 0 Å². The number of nitrogens with one attached hydrogen (secondary N) is 1. The predicted octanol–water partition coefficient (Wildman–Crippen LogP) is 2.70. The Kier molecular flexibility index (Phi) is 2.98. The highest BCUT2D eigenvalue weighted by atomic mass is 35.5. The summed E-state index contributed by atoms with van der Waals surface area (Å²) in [6.07, 6.45) is 0.956. The zero-order chi connectivity index (χ0) is 10.1. The zero-order valence-corrected chi connectivity index (χ0v) is 9.27. The molecule has 1 aliphatic carbocycles. The van der Waals surface area contributed by atoms with Crippen molar-refractivity contribution in [3.63, 3.8) is 0 Å². The van der Waals surface area contributed by atoms with Crippen LogP contribution in [0.1, 0.15) is 17.2 Å². The molecule has 0 spiro atoms. The van der Waals surface area contributed by atoms with Crippen molar-refractivity contribution in [1.82, 2.24) is 4.84 Å². The minimum atomic E-state index is 0.0638. The van der Waals surface area contributed by atoms with Gasteiger partial charge in [-0.1, -0.05) is 17.7 Å². The maximum absolute atomic E-state index is 5.91. The summed E-state index contributed by atoms with van der Waals surface area (Å²) < 4.78 is 5.35. The fourth-order valence-corrected chi connectivity index (χ4v) is 2.39. The molecule has 0 amide bonds. The molecule has 1 aliphatic rings. The lowest BCUT2D eigenvalue weighted by molar-refractivity contribution is 0.0862. The first-order valence-electron chi connectivity index (χ1n) is 4.43. The van der Waals surface area contributed by atoms with Crippen molar-refractivity contribution in [3.05, 3.63) is 34.3 Å². The van der Waals surface area contributed by atoms with E-state index in [4.69, 9.17) is 28.1 Å². The summed E-state index contributed by atoms with van der Waals surface area (Å²) in [6, 6.07) is 5.90. The van der Waals surface area contributed by atoms with Gasteiger partial charge in [0, 0.05) is 18.6 Å². The predicted molar refractivity (Wildman–Crippen MR) is 57.7 cm³/mol. The number of methoxy groups -OCH3 is 1. The third-order valence-electron chi connectivity index (χ3n) is 2.65. The van der Waals surface area contributed by atoms with E-state index >= 15 is 0 Å². The molecule has 2 rings (SSSR count). The molecule has 2 nitrogen and oxygen atoms in total. The molecule has 0 saturated carbocycles. The average Bonchev–Trinajstić information content (AvgIpc) is 2.54. The standard InChI is InChI=1S/C10H11Cl2NO/c1-14-9-5-6-4-7(11)2-3-8(6)10(9)13-12/h2-4,9-10,13H,5H2,1H3. The van der Waals surface area contributed by atoms with Gasteiger partial charge in [-0.2, -0.15) is 0 Å². The van der Waals surface area contributed by atoms with Crippen LogP contribution in [-0.4, -0.2) is 13.2 Å². The number of ether oxygens (including phenoxy) is 1. The highest BCUT2D eigenvalue weighted by Crippen LogP contribution is 2.34. The molecular formula is C10H11Cl2NO. The first-order valence-corrected chi connectivity index (χ1v) is 5.19. The van der Waals surface area contributed by atoms with Crippen molar-refractivity contribution in [1.29, 1.82) is 0 Å². The van der Waals surface area contributed by atoms with E-state index in [2.05, 4.69) is 4.84 Å². The highest BCUT2D eigenvalue weighted by Gasteiger charge is 2.31. The Labute approximate surface area is 93.3 Å².